The molecule has 7 nitrogen and oxygen atoms in total. The summed E-state index contributed by atoms with van der Waals surface area (Å²) in [4.78, 5) is 20.8. The van der Waals surface area contributed by atoms with Crippen LogP contribution < -0.4 is 5.73 Å². The number of carbonyl (C=O) groups is 1. The molecule has 0 radical (unpaired) electrons. The summed E-state index contributed by atoms with van der Waals surface area (Å²) >= 11 is 0. The molecule has 0 heterocycles. The van der Waals surface area contributed by atoms with Gasteiger partial charge in [0.2, 0.25) is 0 Å². The van der Waals surface area contributed by atoms with E-state index >= 15 is 0 Å². The largest absolute Gasteiger partial charge is 0.350 e. The SMILES string of the molecule is CC(C#CC1=CC(=NOOCc2ccccc2)CC=C1)N(O)C(N)=O. The number of primary amides is 1. The first-order valence-electron chi connectivity index (χ1n) is 7.63. The summed E-state index contributed by atoms with van der Waals surface area (Å²) in [6, 6.07) is 7.91. The fourth-order valence-electron chi connectivity index (χ4n) is 1.92. The summed E-state index contributed by atoms with van der Waals surface area (Å²) in [6.07, 6.45) is 6.01. The number of urea groups is 1. The number of amides is 2. The highest BCUT2D eigenvalue weighted by Gasteiger charge is 2.12. The van der Waals surface area contributed by atoms with Gasteiger partial charge in [-0.3, -0.25) is 5.21 Å². The van der Waals surface area contributed by atoms with E-state index in [1.807, 2.05) is 42.5 Å². The Kier molecular flexibility index (Phi) is 6.77. The Morgan fingerprint density at radius 2 is 2.20 bits per heavy atom. The zero-order chi connectivity index (χ0) is 18.1. The highest BCUT2D eigenvalue weighted by atomic mass is 17.3. The first-order chi connectivity index (χ1) is 12.1. The third-order valence-electron chi connectivity index (χ3n) is 3.24. The Morgan fingerprint density at radius 3 is 2.92 bits per heavy atom. The van der Waals surface area contributed by atoms with Gasteiger partial charge in [-0.15, -0.1) is 0 Å². The van der Waals surface area contributed by atoms with Gasteiger partial charge in [-0.25, -0.2) is 9.78 Å². The van der Waals surface area contributed by atoms with Crippen LogP contribution in [0.2, 0.25) is 0 Å². The topological polar surface area (TPSA) is 97.4 Å². The van der Waals surface area contributed by atoms with Crippen molar-refractivity contribution in [3.63, 3.8) is 0 Å². The van der Waals surface area contributed by atoms with Gasteiger partial charge in [-0.05, 0) is 23.7 Å². The Labute approximate surface area is 145 Å². The van der Waals surface area contributed by atoms with E-state index in [2.05, 4.69) is 17.0 Å². The van der Waals surface area contributed by atoms with Crippen molar-refractivity contribution in [2.75, 3.05) is 0 Å². The van der Waals surface area contributed by atoms with Crippen LogP contribution in [0.3, 0.4) is 0 Å². The first kappa shape index (κ1) is 18.3. The van der Waals surface area contributed by atoms with E-state index in [1.165, 1.54) is 0 Å². The number of hydroxylamine groups is 2. The van der Waals surface area contributed by atoms with Crippen molar-refractivity contribution in [1.82, 2.24) is 5.06 Å². The second kappa shape index (κ2) is 9.27. The minimum absolute atomic E-state index is 0.292. The molecule has 2 amide bonds. The number of nitrogens with zero attached hydrogens (tertiary/aromatic N) is 2. The van der Waals surface area contributed by atoms with Crippen molar-refractivity contribution < 1.29 is 19.9 Å². The number of benzene rings is 1. The van der Waals surface area contributed by atoms with E-state index in [1.54, 1.807) is 13.0 Å². The molecule has 7 heteroatoms. The van der Waals surface area contributed by atoms with Crippen molar-refractivity contribution in [1.29, 1.82) is 0 Å². The summed E-state index contributed by atoms with van der Waals surface area (Å²) in [7, 11) is 0. The Balaban J connectivity index is 1.88. The van der Waals surface area contributed by atoms with E-state index < -0.39 is 12.1 Å². The quantitative estimate of drug-likeness (QED) is 0.283. The summed E-state index contributed by atoms with van der Waals surface area (Å²) in [5, 5.41) is 13.6. The van der Waals surface area contributed by atoms with Gasteiger partial charge in [-0.2, -0.15) is 9.95 Å². The average molecular weight is 341 g/mol. The zero-order valence-electron chi connectivity index (χ0n) is 13.8. The van der Waals surface area contributed by atoms with Crippen LogP contribution in [0.5, 0.6) is 0 Å². The Morgan fingerprint density at radius 1 is 1.44 bits per heavy atom. The predicted molar refractivity (Wildman–Crippen MR) is 92.0 cm³/mol. The fourth-order valence-corrected chi connectivity index (χ4v) is 1.92. The summed E-state index contributed by atoms with van der Waals surface area (Å²) in [6.45, 7) is 1.85. The molecule has 0 aromatic heterocycles. The number of allylic oxidation sites excluding steroid dienone is 4. The molecule has 1 atom stereocenters. The Hall–Kier alpha value is -3.08. The van der Waals surface area contributed by atoms with Crippen LogP contribution in [0.1, 0.15) is 18.9 Å². The molecule has 1 aliphatic carbocycles. The van der Waals surface area contributed by atoms with Crippen molar-refractivity contribution >= 4 is 11.7 Å². The van der Waals surface area contributed by atoms with Crippen molar-refractivity contribution in [2.24, 2.45) is 10.9 Å². The normalized spacial score (nSPS) is 15.8. The molecule has 3 N–H and O–H groups in total. The van der Waals surface area contributed by atoms with Crippen molar-refractivity contribution in [2.45, 2.75) is 26.0 Å². The van der Waals surface area contributed by atoms with E-state index in [0.29, 0.717) is 29.4 Å². The second-order valence-electron chi connectivity index (χ2n) is 5.24. The third-order valence-corrected chi connectivity index (χ3v) is 3.24. The van der Waals surface area contributed by atoms with E-state index in [0.717, 1.165) is 5.56 Å². The molecule has 1 aromatic rings. The van der Waals surface area contributed by atoms with Crippen molar-refractivity contribution in [3.05, 3.63) is 59.7 Å². The van der Waals surface area contributed by atoms with Crippen LogP contribution in [0, 0.1) is 11.8 Å². The van der Waals surface area contributed by atoms with Crippen LogP contribution in [0.4, 0.5) is 4.79 Å². The molecule has 0 fully saturated rings. The van der Waals surface area contributed by atoms with Gasteiger partial charge in [0.25, 0.3) is 0 Å². The highest BCUT2D eigenvalue weighted by Crippen LogP contribution is 2.09. The maximum absolute atomic E-state index is 10.8. The van der Waals surface area contributed by atoms with Crippen LogP contribution >= 0.6 is 0 Å². The van der Waals surface area contributed by atoms with Gasteiger partial charge in [0, 0.05) is 12.0 Å². The number of oxime groups is 1. The van der Waals surface area contributed by atoms with Gasteiger partial charge in [0.05, 0.1) is 5.71 Å². The molecule has 0 saturated carbocycles. The van der Waals surface area contributed by atoms with Gasteiger partial charge >= 0.3 is 6.03 Å². The van der Waals surface area contributed by atoms with Crippen LogP contribution in [-0.4, -0.2) is 28.1 Å². The van der Waals surface area contributed by atoms with Crippen LogP contribution in [0.15, 0.2) is 59.3 Å². The summed E-state index contributed by atoms with van der Waals surface area (Å²) < 4.78 is 0. The van der Waals surface area contributed by atoms with Crippen LogP contribution in [0.25, 0.3) is 0 Å². The van der Waals surface area contributed by atoms with Gasteiger partial charge in [-0.1, -0.05) is 54.3 Å². The maximum Gasteiger partial charge on any atom is 0.339 e. The molecule has 130 valence electrons. The second-order valence-corrected chi connectivity index (χ2v) is 5.24. The number of hydrogen-bond acceptors (Lipinski definition) is 5. The number of nitrogens with two attached hydrogens (primary N) is 1. The minimum Gasteiger partial charge on any atom is -0.350 e. The van der Waals surface area contributed by atoms with Crippen molar-refractivity contribution in [3.8, 4) is 11.8 Å². The summed E-state index contributed by atoms with van der Waals surface area (Å²) in [5.41, 5.74) is 7.26. The van der Waals surface area contributed by atoms with Gasteiger partial charge < -0.3 is 5.73 Å². The highest BCUT2D eigenvalue weighted by molar-refractivity contribution is 5.98. The average Bonchev–Trinajstić information content (AvgIpc) is 2.64. The molecule has 1 unspecified atom stereocenters. The molecule has 0 bridgehead atoms. The lowest BCUT2D eigenvalue weighted by molar-refractivity contribution is -0.305. The molecular weight excluding hydrogens is 322 g/mol. The van der Waals surface area contributed by atoms with Crippen LogP contribution in [-0.2, 0) is 16.5 Å². The molecule has 25 heavy (non-hydrogen) atoms. The molecular formula is C18H19N3O4. The van der Waals surface area contributed by atoms with E-state index in [9.17, 15) is 10.0 Å². The van der Waals surface area contributed by atoms with Gasteiger partial charge in [0.1, 0.15) is 12.6 Å². The minimum atomic E-state index is -0.957. The molecule has 2 rings (SSSR count). The third kappa shape index (κ3) is 6.14. The standard InChI is InChI=1S/C18H19N3O4/c1-14(21(23)18(19)22)10-11-15-8-5-9-17(12-15)20-25-24-13-16-6-3-2-4-7-16/h2-8,12,14,23H,9,13H2,1H3,(H2,19,22). The lowest BCUT2D eigenvalue weighted by Gasteiger charge is -2.14. The molecule has 0 saturated heterocycles. The zero-order valence-corrected chi connectivity index (χ0v) is 13.8. The monoisotopic (exact) mass is 341 g/mol. The maximum atomic E-state index is 10.8. The summed E-state index contributed by atoms with van der Waals surface area (Å²) in [5.74, 6) is 5.56. The van der Waals surface area contributed by atoms with Gasteiger partial charge in [0.15, 0.2) is 0 Å². The lowest BCUT2D eigenvalue weighted by atomic mass is 10.1. The fraction of sp³-hybridized carbons (Fsp3) is 0.222. The lowest BCUT2D eigenvalue weighted by Crippen LogP contribution is -2.38. The smallest absolute Gasteiger partial charge is 0.339 e. The number of rotatable bonds is 5. The first-order valence-corrected chi connectivity index (χ1v) is 7.63. The molecule has 1 aliphatic rings. The van der Waals surface area contributed by atoms with E-state index in [-0.39, 0.29) is 0 Å². The molecule has 0 spiro atoms. The number of hydrogen-bond donors (Lipinski definition) is 2. The Bertz CT molecular complexity index is 745. The van der Waals surface area contributed by atoms with E-state index in [4.69, 9.17) is 15.6 Å². The number of carbonyl (C=O) groups excluding carboxylic acids is 1. The predicted octanol–water partition coefficient (Wildman–Crippen LogP) is 2.54. The molecule has 1 aromatic carbocycles. The molecule has 0 aliphatic heterocycles.